The number of hydrogen-bond donors (Lipinski definition) is 2. The third kappa shape index (κ3) is 4.77. The SMILES string of the molecule is Bc1c(O)c(B)c(-c2nc3ccccc3n2-c2ccccc2-c2c3ccccc3c(-c3ccccc3-c3ccccc3)c3ccccc23)c(B)c1O. The summed E-state index contributed by atoms with van der Waals surface area (Å²) in [6.45, 7) is 0. The van der Waals surface area contributed by atoms with Gasteiger partial charge in [-0.25, -0.2) is 4.98 Å². The van der Waals surface area contributed by atoms with E-state index in [-0.39, 0.29) is 11.5 Å². The molecular formula is C45H33B3N2O2. The lowest BCUT2D eigenvalue weighted by Crippen LogP contribution is -2.29. The number of phenolic OH excluding ortho intramolecular Hbond substituents is 2. The number of phenols is 2. The first kappa shape index (κ1) is 31.5. The van der Waals surface area contributed by atoms with Crippen LogP contribution in [0.2, 0.25) is 0 Å². The van der Waals surface area contributed by atoms with Crippen molar-refractivity contribution in [3.05, 3.63) is 152 Å². The first-order valence-electron chi connectivity index (χ1n) is 17.6. The van der Waals surface area contributed by atoms with Crippen LogP contribution in [0.3, 0.4) is 0 Å². The summed E-state index contributed by atoms with van der Waals surface area (Å²) in [5.74, 6) is 0.818. The zero-order valence-corrected chi connectivity index (χ0v) is 29.2. The molecule has 1 aromatic heterocycles. The minimum atomic E-state index is 0.0772. The van der Waals surface area contributed by atoms with Crippen LogP contribution in [0.4, 0.5) is 0 Å². The van der Waals surface area contributed by atoms with Crippen LogP contribution in [0.15, 0.2) is 152 Å². The van der Waals surface area contributed by atoms with E-state index in [1.165, 1.54) is 33.0 Å². The van der Waals surface area contributed by atoms with Crippen LogP contribution in [-0.4, -0.2) is 43.3 Å². The van der Waals surface area contributed by atoms with E-state index >= 15 is 0 Å². The number of hydrogen-bond acceptors (Lipinski definition) is 3. The molecule has 0 fully saturated rings. The van der Waals surface area contributed by atoms with Gasteiger partial charge in [-0.1, -0.05) is 133 Å². The van der Waals surface area contributed by atoms with Gasteiger partial charge in [0.2, 0.25) is 0 Å². The van der Waals surface area contributed by atoms with Gasteiger partial charge in [0.05, 0.1) is 16.7 Å². The molecule has 8 aromatic carbocycles. The number of fused-ring (bicyclic) bond motifs is 3. The molecule has 0 saturated heterocycles. The highest BCUT2D eigenvalue weighted by atomic mass is 16.3. The Morgan fingerprint density at radius 1 is 0.423 bits per heavy atom. The normalized spacial score (nSPS) is 11.5. The molecule has 244 valence electrons. The number of aromatic hydroxyl groups is 2. The highest BCUT2D eigenvalue weighted by Crippen LogP contribution is 2.47. The Kier molecular flexibility index (Phi) is 7.51. The van der Waals surface area contributed by atoms with Crippen molar-refractivity contribution in [3.63, 3.8) is 0 Å². The maximum atomic E-state index is 11.2. The van der Waals surface area contributed by atoms with Crippen LogP contribution >= 0.6 is 0 Å². The lowest BCUT2D eigenvalue weighted by atomic mass is 9.74. The molecule has 9 rings (SSSR count). The third-order valence-corrected chi connectivity index (χ3v) is 10.6. The maximum absolute atomic E-state index is 11.2. The lowest BCUT2D eigenvalue weighted by molar-refractivity contribution is 0.464. The Balaban J connectivity index is 1.39. The molecule has 2 N–H and O–H groups in total. The van der Waals surface area contributed by atoms with Gasteiger partial charge in [-0.2, -0.15) is 0 Å². The molecule has 0 atom stereocenters. The second kappa shape index (κ2) is 12.4. The summed E-state index contributed by atoms with van der Waals surface area (Å²) in [5, 5.41) is 27.0. The van der Waals surface area contributed by atoms with E-state index in [1.807, 2.05) is 33.9 Å². The number of aromatic nitrogens is 2. The van der Waals surface area contributed by atoms with Gasteiger partial charge >= 0.3 is 0 Å². The summed E-state index contributed by atoms with van der Waals surface area (Å²) >= 11 is 0. The van der Waals surface area contributed by atoms with Crippen LogP contribution < -0.4 is 16.4 Å². The topological polar surface area (TPSA) is 58.3 Å². The Labute approximate surface area is 304 Å². The van der Waals surface area contributed by atoms with Gasteiger partial charge in [0.25, 0.3) is 0 Å². The minimum Gasteiger partial charge on any atom is -0.509 e. The van der Waals surface area contributed by atoms with E-state index < -0.39 is 0 Å². The van der Waals surface area contributed by atoms with Crippen LogP contribution in [0, 0.1) is 0 Å². The number of benzene rings is 8. The molecule has 0 unspecified atom stereocenters. The molecular weight excluding hydrogens is 633 g/mol. The second-order valence-electron chi connectivity index (χ2n) is 13.5. The molecule has 0 radical (unpaired) electrons. The van der Waals surface area contributed by atoms with Gasteiger partial charge in [0, 0.05) is 11.1 Å². The summed E-state index contributed by atoms with van der Waals surface area (Å²) in [4.78, 5) is 5.19. The van der Waals surface area contributed by atoms with Gasteiger partial charge in [-0.15, -0.1) is 0 Å². The highest BCUT2D eigenvalue weighted by Gasteiger charge is 2.26. The summed E-state index contributed by atoms with van der Waals surface area (Å²) in [5.41, 5.74) is 12.2. The second-order valence-corrected chi connectivity index (χ2v) is 13.5. The van der Waals surface area contributed by atoms with Crippen molar-refractivity contribution in [3.8, 4) is 62.0 Å². The van der Waals surface area contributed by atoms with Crippen molar-refractivity contribution < 1.29 is 10.2 Å². The molecule has 1 heterocycles. The first-order chi connectivity index (χ1) is 25.4. The lowest BCUT2D eigenvalue weighted by Gasteiger charge is -2.22. The predicted octanol–water partition coefficient (Wildman–Crippen LogP) is 6.19. The molecule has 7 heteroatoms. The van der Waals surface area contributed by atoms with Crippen LogP contribution in [0.25, 0.3) is 83.0 Å². The van der Waals surface area contributed by atoms with Crippen molar-refractivity contribution in [2.45, 2.75) is 0 Å². The smallest absolute Gasteiger partial charge is 0.149 e. The van der Waals surface area contributed by atoms with E-state index in [0.29, 0.717) is 27.8 Å². The summed E-state index contributed by atoms with van der Waals surface area (Å²) < 4.78 is 2.19. The quantitative estimate of drug-likeness (QED) is 0.170. The van der Waals surface area contributed by atoms with Crippen LogP contribution in [-0.2, 0) is 0 Å². The maximum Gasteiger partial charge on any atom is 0.149 e. The van der Waals surface area contributed by atoms with Crippen molar-refractivity contribution >= 4 is 72.5 Å². The van der Waals surface area contributed by atoms with Crippen LogP contribution in [0.1, 0.15) is 0 Å². The monoisotopic (exact) mass is 666 g/mol. The molecule has 0 bridgehead atoms. The number of rotatable bonds is 5. The van der Waals surface area contributed by atoms with Crippen molar-refractivity contribution in [2.24, 2.45) is 0 Å². The molecule has 9 aromatic rings. The fourth-order valence-corrected chi connectivity index (χ4v) is 8.13. The van der Waals surface area contributed by atoms with Crippen molar-refractivity contribution in [1.82, 2.24) is 9.55 Å². The van der Waals surface area contributed by atoms with E-state index in [0.717, 1.165) is 38.6 Å². The van der Waals surface area contributed by atoms with Gasteiger partial charge in [-0.3, -0.25) is 4.57 Å². The van der Waals surface area contributed by atoms with Crippen molar-refractivity contribution in [1.29, 1.82) is 0 Å². The molecule has 4 nitrogen and oxygen atoms in total. The first-order valence-corrected chi connectivity index (χ1v) is 17.6. The standard InChI is InChI=1S/C45H33B3N2O2/c46-40-39(41(47)44(52)42(48)43(40)51)45-49-34-23-11-13-25-36(34)50(45)35-24-12-10-22-33(35)38-31-20-8-6-18-29(31)37(30-19-7-9-21-32(30)38)28-17-5-4-16-27(28)26-14-2-1-3-15-26/h1-25,51-52H,46-48H2. The number of para-hydroxylation sites is 3. The van der Waals surface area contributed by atoms with Crippen LogP contribution in [0.5, 0.6) is 11.5 Å². The van der Waals surface area contributed by atoms with E-state index in [2.05, 4.69) is 138 Å². The average Bonchev–Trinajstić information content (AvgIpc) is 3.57. The minimum absolute atomic E-state index is 0.0772. The Morgan fingerprint density at radius 3 is 1.50 bits per heavy atom. The average molecular weight is 666 g/mol. The van der Waals surface area contributed by atoms with Gasteiger partial charge in [-0.05, 0) is 83.9 Å². The largest absolute Gasteiger partial charge is 0.509 e. The highest BCUT2D eigenvalue weighted by molar-refractivity contribution is 6.51. The van der Waals surface area contributed by atoms with Gasteiger partial charge < -0.3 is 10.2 Å². The fourth-order valence-electron chi connectivity index (χ4n) is 8.13. The molecule has 0 aliphatic rings. The third-order valence-electron chi connectivity index (χ3n) is 10.6. The molecule has 0 spiro atoms. The van der Waals surface area contributed by atoms with Crippen molar-refractivity contribution in [2.75, 3.05) is 0 Å². The zero-order chi connectivity index (χ0) is 35.5. The summed E-state index contributed by atoms with van der Waals surface area (Å²) in [6, 6.07) is 53.4. The molecule has 0 saturated carbocycles. The Morgan fingerprint density at radius 2 is 0.885 bits per heavy atom. The van der Waals surface area contributed by atoms with E-state index in [9.17, 15) is 10.2 Å². The molecule has 0 aliphatic carbocycles. The summed E-state index contributed by atoms with van der Waals surface area (Å²) in [7, 11) is 5.53. The predicted molar refractivity (Wildman–Crippen MR) is 226 cm³/mol. The van der Waals surface area contributed by atoms with E-state index in [4.69, 9.17) is 4.98 Å². The molecule has 0 amide bonds. The van der Waals surface area contributed by atoms with E-state index in [1.54, 1.807) is 7.85 Å². The fraction of sp³-hybridized carbons (Fsp3) is 0. The molecule has 0 aliphatic heterocycles. The Bertz CT molecular complexity index is 2780. The Hall–Kier alpha value is -6.46. The zero-order valence-electron chi connectivity index (χ0n) is 29.2. The number of nitrogens with zero attached hydrogens (tertiary/aromatic N) is 2. The number of imidazole rings is 1. The molecule has 52 heavy (non-hydrogen) atoms. The van der Waals surface area contributed by atoms with Gasteiger partial charge in [0.1, 0.15) is 40.9 Å². The van der Waals surface area contributed by atoms with Gasteiger partial charge in [0.15, 0.2) is 0 Å². The summed E-state index contributed by atoms with van der Waals surface area (Å²) in [6.07, 6.45) is 0.